The molecule has 0 fully saturated rings. The van der Waals surface area contributed by atoms with Crippen LogP contribution in [0.25, 0.3) is 0 Å². The quantitative estimate of drug-likeness (QED) is 0.754. The molecule has 17 heavy (non-hydrogen) atoms. The minimum atomic E-state index is 0.628. The summed E-state index contributed by atoms with van der Waals surface area (Å²) in [6.07, 6.45) is 4.06. The molecule has 1 atom stereocenters. The Kier molecular flexibility index (Phi) is 6.19. The van der Waals surface area contributed by atoms with Crippen LogP contribution in [0.15, 0.2) is 6.20 Å². The molecule has 0 bridgehead atoms. The van der Waals surface area contributed by atoms with Crippen molar-refractivity contribution in [3.05, 3.63) is 11.9 Å². The van der Waals surface area contributed by atoms with Crippen LogP contribution < -0.4 is 5.32 Å². The van der Waals surface area contributed by atoms with Gasteiger partial charge in [-0.25, -0.2) is 4.68 Å². The summed E-state index contributed by atoms with van der Waals surface area (Å²) in [7, 11) is 0. The van der Waals surface area contributed by atoms with Gasteiger partial charge in [0.1, 0.15) is 0 Å². The Morgan fingerprint density at radius 2 is 2.06 bits per heavy atom. The van der Waals surface area contributed by atoms with E-state index >= 15 is 0 Å². The van der Waals surface area contributed by atoms with Crippen LogP contribution in [-0.2, 0) is 13.0 Å². The van der Waals surface area contributed by atoms with Gasteiger partial charge in [0.2, 0.25) is 0 Å². The number of aryl methyl sites for hydroxylation is 1. The fourth-order valence-corrected chi connectivity index (χ4v) is 1.88. The topological polar surface area (TPSA) is 42.7 Å². The Morgan fingerprint density at radius 1 is 1.29 bits per heavy atom. The number of hydrogen-bond acceptors (Lipinski definition) is 3. The fourth-order valence-electron chi connectivity index (χ4n) is 1.88. The largest absolute Gasteiger partial charge is 0.316 e. The highest BCUT2D eigenvalue weighted by atomic mass is 15.4. The van der Waals surface area contributed by atoms with Gasteiger partial charge >= 0.3 is 0 Å². The van der Waals surface area contributed by atoms with E-state index in [1.807, 2.05) is 10.9 Å². The average Bonchev–Trinajstić information content (AvgIpc) is 2.66. The molecule has 0 aromatic carbocycles. The first kappa shape index (κ1) is 14.2. The van der Waals surface area contributed by atoms with Crippen molar-refractivity contribution >= 4 is 0 Å². The number of rotatable bonds is 8. The summed E-state index contributed by atoms with van der Waals surface area (Å²) in [5, 5.41) is 11.6. The van der Waals surface area contributed by atoms with Gasteiger partial charge in [-0.2, -0.15) is 0 Å². The van der Waals surface area contributed by atoms with E-state index in [4.69, 9.17) is 0 Å². The van der Waals surface area contributed by atoms with Crippen molar-refractivity contribution < 1.29 is 0 Å². The molecule has 1 heterocycles. The first-order valence-corrected chi connectivity index (χ1v) is 6.71. The summed E-state index contributed by atoms with van der Waals surface area (Å²) < 4.78 is 2.03. The lowest BCUT2D eigenvalue weighted by Gasteiger charge is -2.14. The van der Waals surface area contributed by atoms with Gasteiger partial charge in [0.15, 0.2) is 0 Å². The van der Waals surface area contributed by atoms with E-state index in [9.17, 15) is 0 Å². The van der Waals surface area contributed by atoms with E-state index in [1.54, 1.807) is 0 Å². The SMILES string of the molecule is CCCn1nncc1CC(C)CNCC(C)C. The highest BCUT2D eigenvalue weighted by Crippen LogP contribution is 2.07. The van der Waals surface area contributed by atoms with E-state index in [0.717, 1.165) is 38.4 Å². The highest BCUT2D eigenvalue weighted by molar-refractivity contribution is 4.95. The average molecular weight is 238 g/mol. The van der Waals surface area contributed by atoms with E-state index < -0.39 is 0 Å². The molecular weight excluding hydrogens is 212 g/mol. The van der Waals surface area contributed by atoms with Gasteiger partial charge in [-0.15, -0.1) is 5.10 Å². The van der Waals surface area contributed by atoms with Crippen molar-refractivity contribution in [2.24, 2.45) is 11.8 Å². The Labute approximate surface area is 105 Å². The molecule has 4 heteroatoms. The summed E-state index contributed by atoms with van der Waals surface area (Å²) in [5.41, 5.74) is 1.26. The Morgan fingerprint density at radius 3 is 2.71 bits per heavy atom. The lowest BCUT2D eigenvalue weighted by molar-refractivity contribution is 0.456. The third-order valence-electron chi connectivity index (χ3n) is 2.74. The summed E-state index contributed by atoms with van der Waals surface area (Å²) >= 11 is 0. The number of aromatic nitrogens is 3. The van der Waals surface area contributed by atoms with E-state index in [2.05, 4.69) is 43.3 Å². The smallest absolute Gasteiger partial charge is 0.0725 e. The summed E-state index contributed by atoms with van der Waals surface area (Å²) in [6.45, 7) is 12.0. The summed E-state index contributed by atoms with van der Waals surface area (Å²) in [4.78, 5) is 0. The molecular formula is C13H26N4. The molecule has 0 aliphatic carbocycles. The van der Waals surface area contributed by atoms with Gasteiger partial charge in [-0.3, -0.25) is 0 Å². The molecule has 1 unspecified atom stereocenters. The van der Waals surface area contributed by atoms with Crippen molar-refractivity contribution in [3.8, 4) is 0 Å². The molecule has 0 aliphatic rings. The summed E-state index contributed by atoms with van der Waals surface area (Å²) in [6, 6.07) is 0. The first-order chi connectivity index (χ1) is 8.13. The molecule has 1 aromatic rings. The second kappa shape index (κ2) is 7.43. The van der Waals surface area contributed by atoms with Crippen LogP contribution in [0.2, 0.25) is 0 Å². The van der Waals surface area contributed by atoms with Gasteiger partial charge in [0.25, 0.3) is 0 Å². The maximum absolute atomic E-state index is 4.11. The normalized spacial score (nSPS) is 13.2. The minimum absolute atomic E-state index is 0.628. The molecule has 4 nitrogen and oxygen atoms in total. The maximum atomic E-state index is 4.11. The minimum Gasteiger partial charge on any atom is -0.316 e. The zero-order valence-electron chi connectivity index (χ0n) is 11.6. The Balaban J connectivity index is 2.34. The van der Waals surface area contributed by atoms with Gasteiger partial charge in [-0.05, 0) is 37.8 Å². The van der Waals surface area contributed by atoms with E-state index in [-0.39, 0.29) is 0 Å². The first-order valence-electron chi connectivity index (χ1n) is 6.71. The zero-order chi connectivity index (χ0) is 12.7. The number of hydrogen-bond donors (Lipinski definition) is 1. The van der Waals surface area contributed by atoms with Crippen LogP contribution in [0.1, 0.15) is 39.8 Å². The van der Waals surface area contributed by atoms with Crippen LogP contribution in [0.4, 0.5) is 0 Å². The summed E-state index contributed by atoms with van der Waals surface area (Å²) in [5.74, 6) is 1.34. The molecule has 0 amide bonds. The monoisotopic (exact) mass is 238 g/mol. The standard InChI is InChI=1S/C13H26N4/c1-5-6-17-13(10-15-16-17)7-12(4)9-14-8-11(2)3/h10-12,14H,5-9H2,1-4H3. The van der Waals surface area contributed by atoms with Gasteiger partial charge in [0.05, 0.1) is 11.9 Å². The van der Waals surface area contributed by atoms with Gasteiger partial charge < -0.3 is 5.32 Å². The second-order valence-corrected chi connectivity index (χ2v) is 5.31. The molecule has 0 saturated carbocycles. The Hall–Kier alpha value is -0.900. The van der Waals surface area contributed by atoms with Crippen molar-refractivity contribution in [1.82, 2.24) is 20.3 Å². The maximum Gasteiger partial charge on any atom is 0.0725 e. The van der Waals surface area contributed by atoms with Crippen molar-refractivity contribution in [2.45, 2.75) is 47.1 Å². The van der Waals surface area contributed by atoms with Crippen LogP contribution in [0, 0.1) is 11.8 Å². The van der Waals surface area contributed by atoms with Crippen molar-refractivity contribution in [1.29, 1.82) is 0 Å². The lowest BCUT2D eigenvalue weighted by atomic mass is 10.1. The second-order valence-electron chi connectivity index (χ2n) is 5.31. The predicted octanol–water partition coefficient (Wildman–Crippen LogP) is 2.11. The third kappa shape index (κ3) is 5.31. The van der Waals surface area contributed by atoms with Gasteiger partial charge in [-0.1, -0.05) is 32.9 Å². The van der Waals surface area contributed by atoms with Crippen LogP contribution in [0.3, 0.4) is 0 Å². The van der Waals surface area contributed by atoms with E-state index in [0.29, 0.717) is 5.92 Å². The highest BCUT2D eigenvalue weighted by Gasteiger charge is 2.08. The molecule has 0 saturated heterocycles. The van der Waals surface area contributed by atoms with Crippen molar-refractivity contribution in [3.63, 3.8) is 0 Å². The third-order valence-corrected chi connectivity index (χ3v) is 2.74. The van der Waals surface area contributed by atoms with Crippen LogP contribution in [0.5, 0.6) is 0 Å². The molecule has 1 N–H and O–H groups in total. The fraction of sp³-hybridized carbons (Fsp3) is 0.846. The molecule has 98 valence electrons. The predicted molar refractivity (Wildman–Crippen MR) is 70.9 cm³/mol. The van der Waals surface area contributed by atoms with Crippen LogP contribution in [-0.4, -0.2) is 28.1 Å². The molecule has 0 spiro atoms. The van der Waals surface area contributed by atoms with E-state index in [1.165, 1.54) is 5.69 Å². The van der Waals surface area contributed by atoms with Crippen molar-refractivity contribution in [2.75, 3.05) is 13.1 Å². The molecule has 0 radical (unpaired) electrons. The number of nitrogens with zero attached hydrogens (tertiary/aromatic N) is 3. The Bertz CT molecular complexity index is 306. The van der Waals surface area contributed by atoms with Gasteiger partial charge in [0, 0.05) is 6.54 Å². The number of nitrogens with one attached hydrogen (secondary N) is 1. The molecule has 1 aromatic heterocycles. The van der Waals surface area contributed by atoms with Crippen LogP contribution >= 0.6 is 0 Å². The molecule has 0 aliphatic heterocycles. The zero-order valence-corrected chi connectivity index (χ0v) is 11.6. The lowest BCUT2D eigenvalue weighted by Crippen LogP contribution is -2.26. The molecule has 1 rings (SSSR count).